The first kappa shape index (κ1) is 21.0. The summed E-state index contributed by atoms with van der Waals surface area (Å²) in [7, 11) is 0. The molecule has 2 heterocycles. The Morgan fingerprint density at radius 3 is 2.61 bits per heavy atom. The van der Waals surface area contributed by atoms with Crippen LogP contribution in [-0.4, -0.2) is 16.3 Å². The number of halogens is 1. The normalized spacial score (nSPS) is 14.4. The number of para-hydroxylation sites is 1. The zero-order valence-corrected chi connectivity index (χ0v) is 18.8. The Bertz CT molecular complexity index is 1380. The molecule has 5 nitrogen and oxygen atoms in total. The van der Waals surface area contributed by atoms with E-state index in [2.05, 4.69) is 21.3 Å². The fourth-order valence-corrected chi connectivity index (χ4v) is 4.43. The van der Waals surface area contributed by atoms with E-state index in [9.17, 15) is 9.59 Å². The van der Waals surface area contributed by atoms with Crippen LogP contribution in [0.3, 0.4) is 0 Å². The van der Waals surface area contributed by atoms with Crippen molar-refractivity contribution in [3.63, 3.8) is 0 Å². The minimum atomic E-state index is -0.508. The van der Waals surface area contributed by atoms with Crippen molar-refractivity contribution in [3.05, 3.63) is 118 Å². The fourth-order valence-electron chi connectivity index (χ4n) is 4.20. The third-order valence-electron chi connectivity index (χ3n) is 5.96. The predicted octanol–water partition coefficient (Wildman–Crippen LogP) is 6.10. The van der Waals surface area contributed by atoms with E-state index in [0.717, 1.165) is 22.5 Å². The zero-order valence-electron chi connectivity index (χ0n) is 18.0. The van der Waals surface area contributed by atoms with Crippen LogP contribution in [0.1, 0.15) is 43.6 Å². The van der Waals surface area contributed by atoms with Gasteiger partial charge in [-0.1, -0.05) is 41.9 Å². The zero-order chi connectivity index (χ0) is 22.9. The number of nitrogens with one attached hydrogen (secondary N) is 2. The summed E-state index contributed by atoms with van der Waals surface area (Å²) in [6, 6.07) is 23.7. The summed E-state index contributed by atoms with van der Waals surface area (Å²) in [5.74, 6) is -0.318. The SMILES string of the molecule is Cc1cc(C(=O)C2Nc3ccccc3Cn3cccc32)ccc1NC(=O)c1ccccc1Cl. The van der Waals surface area contributed by atoms with Gasteiger partial charge in [-0.2, -0.15) is 0 Å². The molecule has 2 N–H and O–H groups in total. The number of aromatic nitrogens is 1. The number of hydrogen-bond donors (Lipinski definition) is 2. The van der Waals surface area contributed by atoms with Crippen molar-refractivity contribution < 1.29 is 9.59 Å². The molecule has 0 spiro atoms. The molecule has 0 saturated carbocycles. The number of ketones is 1. The van der Waals surface area contributed by atoms with E-state index in [1.807, 2.05) is 49.5 Å². The second-order valence-corrected chi connectivity index (χ2v) is 8.53. The Morgan fingerprint density at radius 2 is 1.79 bits per heavy atom. The molecule has 5 rings (SSSR count). The van der Waals surface area contributed by atoms with E-state index >= 15 is 0 Å². The lowest BCUT2D eigenvalue weighted by Gasteiger charge is -2.19. The minimum absolute atomic E-state index is 0.0290. The van der Waals surface area contributed by atoms with Crippen molar-refractivity contribution in [1.29, 1.82) is 0 Å². The van der Waals surface area contributed by atoms with Crippen LogP contribution in [0.2, 0.25) is 5.02 Å². The van der Waals surface area contributed by atoms with E-state index < -0.39 is 6.04 Å². The lowest BCUT2D eigenvalue weighted by molar-refractivity contribution is 0.0966. The quantitative estimate of drug-likeness (QED) is 0.365. The van der Waals surface area contributed by atoms with Gasteiger partial charge in [0.25, 0.3) is 5.91 Å². The molecule has 164 valence electrons. The van der Waals surface area contributed by atoms with Crippen LogP contribution in [0.5, 0.6) is 0 Å². The van der Waals surface area contributed by atoms with E-state index in [1.54, 1.807) is 36.4 Å². The lowest BCUT2D eigenvalue weighted by atomic mass is 9.98. The number of carbonyl (C=O) groups is 2. The van der Waals surface area contributed by atoms with Gasteiger partial charge in [0.05, 0.1) is 10.6 Å². The van der Waals surface area contributed by atoms with E-state index in [1.165, 1.54) is 0 Å². The number of amides is 1. The van der Waals surface area contributed by atoms with Crippen LogP contribution >= 0.6 is 11.6 Å². The standard InChI is InChI=1S/C27H22ClN3O2/c1-17-15-18(12-13-22(17)30-27(33)20-8-3-4-9-21(20)28)26(32)25-24-11-6-14-31(24)16-19-7-2-5-10-23(19)29-25/h2-15,25,29H,16H2,1H3,(H,30,33). The van der Waals surface area contributed by atoms with Gasteiger partial charge >= 0.3 is 0 Å². The average Bonchev–Trinajstić information content (AvgIpc) is 3.21. The van der Waals surface area contributed by atoms with Crippen LogP contribution in [-0.2, 0) is 6.54 Å². The van der Waals surface area contributed by atoms with Crippen LogP contribution in [0, 0.1) is 6.92 Å². The molecule has 1 aliphatic rings. The van der Waals surface area contributed by atoms with Crippen molar-refractivity contribution >= 4 is 34.7 Å². The molecule has 3 aromatic carbocycles. The molecule has 6 heteroatoms. The van der Waals surface area contributed by atoms with Gasteiger partial charge in [-0.05, 0) is 66.6 Å². The predicted molar refractivity (Wildman–Crippen MR) is 131 cm³/mol. The maximum absolute atomic E-state index is 13.6. The second-order valence-electron chi connectivity index (χ2n) is 8.12. The van der Waals surface area contributed by atoms with E-state index in [-0.39, 0.29) is 11.7 Å². The van der Waals surface area contributed by atoms with Gasteiger partial charge in [-0.3, -0.25) is 9.59 Å². The molecule has 33 heavy (non-hydrogen) atoms. The van der Waals surface area contributed by atoms with Gasteiger partial charge in [0, 0.05) is 35.4 Å². The Kier molecular flexibility index (Phi) is 5.48. The van der Waals surface area contributed by atoms with Crippen LogP contribution in [0.25, 0.3) is 0 Å². The first-order valence-electron chi connectivity index (χ1n) is 10.7. The molecular weight excluding hydrogens is 434 g/mol. The Labute approximate surface area is 197 Å². The number of hydrogen-bond acceptors (Lipinski definition) is 3. The molecule has 0 radical (unpaired) electrons. The van der Waals surface area contributed by atoms with E-state index in [4.69, 9.17) is 11.6 Å². The molecule has 0 fully saturated rings. The highest BCUT2D eigenvalue weighted by Crippen LogP contribution is 2.31. The highest BCUT2D eigenvalue weighted by Gasteiger charge is 2.28. The Morgan fingerprint density at radius 1 is 1.00 bits per heavy atom. The molecule has 1 unspecified atom stereocenters. The first-order chi connectivity index (χ1) is 16.0. The van der Waals surface area contributed by atoms with Gasteiger partial charge in [0.1, 0.15) is 6.04 Å². The number of anilines is 2. The van der Waals surface area contributed by atoms with Crippen molar-refractivity contribution in [1.82, 2.24) is 4.57 Å². The number of fused-ring (bicyclic) bond motifs is 2. The monoisotopic (exact) mass is 455 g/mol. The van der Waals surface area contributed by atoms with Crippen molar-refractivity contribution in [2.45, 2.75) is 19.5 Å². The maximum atomic E-state index is 13.6. The van der Waals surface area contributed by atoms with Crippen LogP contribution in [0.15, 0.2) is 85.1 Å². The van der Waals surface area contributed by atoms with E-state index in [0.29, 0.717) is 28.4 Å². The number of nitrogens with zero attached hydrogens (tertiary/aromatic N) is 1. The molecule has 0 bridgehead atoms. The number of carbonyl (C=O) groups excluding carboxylic acids is 2. The average molecular weight is 456 g/mol. The fraction of sp³-hybridized carbons (Fsp3) is 0.111. The van der Waals surface area contributed by atoms with Gasteiger partial charge < -0.3 is 15.2 Å². The third kappa shape index (κ3) is 4.03. The topological polar surface area (TPSA) is 63.1 Å². The molecule has 4 aromatic rings. The summed E-state index contributed by atoms with van der Waals surface area (Å²) in [6.07, 6.45) is 2.00. The molecule has 1 atom stereocenters. The van der Waals surface area contributed by atoms with Crippen molar-refractivity contribution in [2.75, 3.05) is 10.6 Å². The lowest BCUT2D eigenvalue weighted by Crippen LogP contribution is -2.22. The Hall–Kier alpha value is -3.83. The third-order valence-corrected chi connectivity index (χ3v) is 6.29. The molecule has 1 aliphatic heterocycles. The molecule has 0 aliphatic carbocycles. The highest BCUT2D eigenvalue weighted by atomic mass is 35.5. The summed E-state index contributed by atoms with van der Waals surface area (Å²) in [5.41, 5.74) is 5.43. The number of rotatable bonds is 4. The smallest absolute Gasteiger partial charge is 0.257 e. The van der Waals surface area contributed by atoms with Crippen molar-refractivity contribution in [3.8, 4) is 0 Å². The summed E-state index contributed by atoms with van der Waals surface area (Å²) < 4.78 is 2.10. The molecule has 1 aromatic heterocycles. The second kappa shape index (κ2) is 8.60. The van der Waals surface area contributed by atoms with Crippen LogP contribution < -0.4 is 10.6 Å². The maximum Gasteiger partial charge on any atom is 0.257 e. The summed E-state index contributed by atoms with van der Waals surface area (Å²) in [5, 5.41) is 6.72. The Balaban J connectivity index is 1.42. The largest absolute Gasteiger partial charge is 0.370 e. The first-order valence-corrected chi connectivity index (χ1v) is 11.1. The highest BCUT2D eigenvalue weighted by molar-refractivity contribution is 6.34. The van der Waals surface area contributed by atoms with Gasteiger partial charge in [0.2, 0.25) is 0 Å². The number of Topliss-reactive ketones (excluding diaryl/α,β-unsaturated/α-hetero) is 1. The molecule has 1 amide bonds. The summed E-state index contributed by atoms with van der Waals surface area (Å²) in [6.45, 7) is 2.58. The number of aryl methyl sites for hydroxylation is 1. The minimum Gasteiger partial charge on any atom is -0.370 e. The van der Waals surface area contributed by atoms with Crippen molar-refractivity contribution in [2.24, 2.45) is 0 Å². The number of benzene rings is 3. The van der Waals surface area contributed by atoms with Gasteiger partial charge in [-0.25, -0.2) is 0 Å². The summed E-state index contributed by atoms with van der Waals surface area (Å²) in [4.78, 5) is 26.2. The summed E-state index contributed by atoms with van der Waals surface area (Å²) >= 11 is 6.14. The molecule has 0 saturated heterocycles. The molecular formula is C27H22ClN3O2. The van der Waals surface area contributed by atoms with Gasteiger partial charge in [-0.15, -0.1) is 0 Å². The van der Waals surface area contributed by atoms with Crippen LogP contribution in [0.4, 0.5) is 11.4 Å². The van der Waals surface area contributed by atoms with Gasteiger partial charge in [0.15, 0.2) is 5.78 Å².